The average molecular weight is 357 g/mol. The third-order valence-electron chi connectivity index (χ3n) is 4.53. The number of nitrogens with zero attached hydrogens (tertiary/aromatic N) is 3. The van der Waals surface area contributed by atoms with E-state index in [-0.39, 0.29) is 0 Å². The van der Waals surface area contributed by atoms with E-state index in [0.717, 1.165) is 31.9 Å². The van der Waals surface area contributed by atoms with Crippen molar-refractivity contribution in [2.45, 2.75) is 72.1 Å². The van der Waals surface area contributed by atoms with Gasteiger partial charge in [0.1, 0.15) is 0 Å². The van der Waals surface area contributed by atoms with Crippen LogP contribution in [-0.2, 0) is 13.1 Å². The zero-order valence-electron chi connectivity index (χ0n) is 13.8. The molecule has 5 heteroatoms. The number of nitrogens with one attached hydrogen (secondary N) is 1. The molecule has 1 aromatic heterocycles. The molecule has 1 aliphatic rings. The van der Waals surface area contributed by atoms with Crippen LogP contribution in [0.2, 0.25) is 0 Å². The Morgan fingerprint density at radius 2 is 2.10 bits per heavy atom. The van der Waals surface area contributed by atoms with E-state index in [0.29, 0.717) is 12.1 Å². The lowest BCUT2D eigenvalue weighted by Crippen LogP contribution is -2.55. The first kappa shape index (κ1) is 17.0. The van der Waals surface area contributed by atoms with Crippen molar-refractivity contribution in [1.82, 2.24) is 20.0 Å². The lowest BCUT2D eigenvalue weighted by atomic mass is 10.0. The highest BCUT2D eigenvalue weighted by atomic mass is 79.9. The normalized spacial score (nSPS) is 23.7. The zero-order valence-corrected chi connectivity index (χ0v) is 15.4. The largest absolute Gasteiger partial charge is 0.311 e. The van der Waals surface area contributed by atoms with Gasteiger partial charge in [0.2, 0.25) is 0 Å². The predicted octanol–water partition coefficient (Wildman–Crippen LogP) is 3.33. The molecular weight excluding hydrogens is 328 g/mol. The van der Waals surface area contributed by atoms with Crippen molar-refractivity contribution >= 4 is 15.9 Å². The third-order valence-corrected chi connectivity index (χ3v) is 5.57. The van der Waals surface area contributed by atoms with Crippen LogP contribution in [-0.4, -0.2) is 39.9 Å². The van der Waals surface area contributed by atoms with Gasteiger partial charge in [-0.15, -0.1) is 0 Å². The summed E-state index contributed by atoms with van der Waals surface area (Å²) in [5.41, 5.74) is 2.42. The quantitative estimate of drug-likeness (QED) is 0.848. The molecule has 2 heterocycles. The highest BCUT2D eigenvalue weighted by molar-refractivity contribution is 9.10. The van der Waals surface area contributed by atoms with E-state index in [4.69, 9.17) is 0 Å². The molecule has 0 saturated carbocycles. The number of halogens is 1. The van der Waals surface area contributed by atoms with Crippen molar-refractivity contribution in [3.8, 4) is 0 Å². The van der Waals surface area contributed by atoms with Gasteiger partial charge in [0.25, 0.3) is 0 Å². The lowest BCUT2D eigenvalue weighted by molar-refractivity contribution is 0.110. The molecule has 1 saturated heterocycles. The van der Waals surface area contributed by atoms with Crippen LogP contribution < -0.4 is 5.32 Å². The molecule has 0 aromatic carbocycles. The number of hydrogen-bond acceptors (Lipinski definition) is 3. The molecule has 4 nitrogen and oxygen atoms in total. The molecule has 1 fully saturated rings. The summed E-state index contributed by atoms with van der Waals surface area (Å²) in [6.45, 7) is 13.0. The molecule has 0 amide bonds. The average Bonchev–Trinajstić information content (AvgIpc) is 2.76. The van der Waals surface area contributed by atoms with Crippen molar-refractivity contribution in [1.29, 1.82) is 0 Å². The molecule has 0 aliphatic carbocycles. The Morgan fingerprint density at radius 3 is 2.71 bits per heavy atom. The van der Waals surface area contributed by atoms with Crippen LogP contribution in [0, 0.1) is 6.92 Å². The van der Waals surface area contributed by atoms with Gasteiger partial charge in [-0.25, -0.2) is 0 Å². The lowest BCUT2D eigenvalue weighted by Gasteiger charge is -2.40. The first-order chi connectivity index (χ1) is 10.1. The summed E-state index contributed by atoms with van der Waals surface area (Å²) in [5.74, 6) is 0. The molecule has 0 radical (unpaired) electrons. The first-order valence-electron chi connectivity index (χ1n) is 8.29. The van der Waals surface area contributed by atoms with Gasteiger partial charge in [0.05, 0.1) is 15.9 Å². The SMILES string of the molecule is CCCC1CNC(CC)CN1Cc1c(Br)c(C)nn1CC. The molecule has 1 N–H and O–H groups in total. The Labute approximate surface area is 137 Å². The van der Waals surface area contributed by atoms with Crippen LogP contribution in [0.3, 0.4) is 0 Å². The predicted molar refractivity (Wildman–Crippen MR) is 91.5 cm³/mol. The summed E-state index contributed by atoms with van der Waals surface area (Å²) in [4.78, 5) is 2.65. The number of aryl methyl sites for hydroxylation is 2. The molecule has 21 heavy (non-hydrogen) atoms. The maximum atomic E-state index is 4.63. The Bertz CT molecular complexity index is 457. The summed E-state index contributed by atoms with van der Waals surface area (Å²) < 4.78 is 3.33. The number of aromatic nitrogens is 2. The Hall–Kier alpha value is -0.390. The van der Waals surface area contributed by atoms with Crippen LogP contribution in [0.4, 0.5) is 0 Å². The summed E-state index contributed by atoms with van der Waals surface area (Å²) in [6, 6.07) is 1.26. The fourth-order valence-corrected chi connectivity index (χ4v) is 3.64. The van der Waals surface area contributed by atoms with E-state index in [1.807, 2.05) is 0 Å². The molecule has 120 valence electrons. The summed E-state index contributed by atoms with van der Waals surface area (Å²) in [6.07, 6.45) is 3.70. The van der Waals surface area contributed by atoms with Crippen LogP contribution in [0.5, 0.6) is 0 Å². The van der Waals surface area contributed by atoms with E-state index < -0.39 is 0 Å². The standard InChI is InChI=1S/C16H29BrN4/c1-5-8-14-9-18-13(6-2)10-20(14)11-15-16(17)12(4)19-21(15)7-3/h13-14,18H,5-11H2,1-4H3. The van der Waals surface area contributed by atoms with Gasteiger partial charge in [-0.1, -0.05) is 20.3 Å². The Balaban J connectivity index is 2.17. The maximum Gasteiger partial charge on any atom is 0.0739 e. The highest BCUT2D eigenvalue weighted by Crippen LogP contribution is 2.25. The molecular formula is C16H29BrN4. The van der Waals surface area contributed by atoms with Crippen LogP contribution in [0.15, 0.2) is 4.47 Å². The minimum absolute atomic E-state index is 0.621. The van der Waals surface area contributed by atoms with Crippen molar-refractivity contribution in [3.63, 3.8) is 0 Å². The van der Waals surface area contributed by atoms with Gasteiger partial charge in [-0.2, -0.15) is 5.10 Å². The molecule has 2 atom stereocenters. The van der Waals surface area contributed by atoms with Crippen molar-refractivity contribution in [3.05, 3.63) is 15.9 Å². The van der Waals surface area contributed by atoms with E-state index >= 15 is 0 Å². The number of rotatable bonds is 6. The molecule has 0 bridgehead atoms. The minimum atomic E-state index is 0.621. The van der Waals surface area contributed by atoms with Crippen molar-refractivity contribution in [2.75, 3.05) is 13.1 Å². The molecule has 2 unspecified atom stereocenters. The first-order valence-corrected chi connectivity index (χ1v) is 9.09. The third kappa shape index (κ3) is 3.88. The van der Waals surface area contributed by atoms with Gasteiger partial charge in [-0.05, 0) is 42.6 Å². The zero-order chi connectivity index (χ0) is 15.4. The van der Waals surface area contributed by atoms with Gasteiger partial charge in [-0.3, -0.25) is 9.58 Å². The van der Waals surface area contributed by atoms with E-state index in [9.17, 15) is 0 Å². The maximum absolute atomic E-state index is 4.63. The summed E-state index contributed by atoms with van der Waals surface area (Å²) in [7, 11) is 0. The molecule has 0 spiro atoms. The van der Waals surface area contributed by atoms with Gasteiger partial charge in [0, 0.05) is 38.3 Å². The second kappa shape index (κ2) is 7.75. The fraction of sp³-hybridized carbons (Fsp3) is 0.812. The number of hydrogen-bond donors (Lipinski definition) is 1. The minimum Gasteiger partial charge on any atom is -0.311 e. The Morgan fingerprint density at radius 1 is 1.33 bits per heavy atom. The molecule has 2 rings (SSSR count). The van der Waals surface area contributed by atoms with E-state index in [1.165, 1.54) is 29.4 Å². The number of piperazine rings is 1. The van der Waals surface area contributed by atoms with Gasteiger partial charge < -0.3 is 5.32 Å². The van der Waals surface area contributed by atoms with Crippen LogP contribution in [0.25, 0.3) is 0 Å². The summed E-state index contributed by atoms with van der Waals surface area (Å²) in [5, 5.41) is 8.32. The molecule has 1 aromatic rings. The fourth-order valence-electron chi connectivity index (χ4n) is 3.23. The Kier molecular flexibility index (Phi) is 6.26. The van der Waals surface area contributed by atoms with Crippen molar-refractivity contribution in [2.24, 2.45) is 0 Å². The van der Waals surface area contributed by atoms with Crippen LogP contribution in [0.1, 0.15) is 51.4 Å². The summed E-state index contributed by atoms with van der Waals surface area (Å²) >= 11 is 3.73. The molecule has 1 aliphatic heterocycles. The van der Waals surface area contributed by atoms with Crippen molar-refractivity contribution < 1.29 is 0 Å². The monoisotopic (exact) mass is 356 g/mol. The van der Waals surface area contributed by atoms with E-state index in [2.05, 4.69) is 63.6 Å². The topological polar surface area (TPSA) is 33.1 Å². The van der Waals surface area contributed by atoms with Gasteiger partial charge in [0.15, 0.2) is 0 Å². The van der Waals surface area contributed by atoms with Gasteiger partial charge >= 0.3 is 0 Å². The van der Waals surface area contributed by atoms with Crippen LogP contribution >= 0.6 is 15.9 Å². The second-order valence-corrected chi connectivity index (χ2v) is 6.84. The highest BCUT2D eigenvalue weighted by Gasteiger charge is 2.28. The smallest absolute Gasteiger partial charge is 0.0739 e. The second-order valence-electron chi connectivity index (χ2n) is 6.05. The van der Waals surface area contributed by atoms with E-state index in [1.54, 1.807) is 0 Å².